The molecule has 0 fully saturated rings. The number of hydrogen-bond donors (Lipinski definition) is 2. The predicted octanol–water partition coefficient (Wildman–Crippen LogP) is 3.32. The summed E-state index contributed by atoms with van der Waals surface area (Å²) in [5.74, 6) is 0.139. The van der Waals surface area contributed by atoms with Crippen LogP contribution in [0.2, 0.25) is 10.2 Å². The number of aromatic amines is 1. The molecule has 2 aromatic rings. The second-order valence-corrected chi connectivity index (χ2v) is 4.74. The fourth-order valence-electron chi connectivity index (χ4n) is 1.56. The number of hydrogen-bond acceptors (Lipinski definition) is 3. The van der Waals surface area contributed by atoms with Gasteiger partial charge in [0.1, 0.15) is 5.15 Å². The van der Waals surface area contributed by atoms with Gasteiger partial charge in [-0.1, -0.05) is 36.5 Å². The molecule has 0 saturated carbocycles. The zero-order valence-corrected chi connectivity index (χ0v) is 11.7. The third-order valence-electron chi connectivity index (χ3n) is 2.45. The fraction of sp³-hybridized carbons (Fsp3) is 0.250. The molecule has 0 radical (unpaired) electrons. The van der Waals surface area contributed by atoms with Crippen molar-refractivity contribution in [3.8, 4) is 0 Å². The third kappa shape index (κ3) is 3.45. The molecule has 2 aromatic heterocycles. The van der Waals surface area contributed by atoms with E-state index >= 15 is 0 Å². The van der Waals surface area contributed by atoms with Gasteiger partial charge in [-0.2, -0.15) is 5.10 Å². The smallest absolute Gasteiger partial charge is 0.258 e. The lowest BCUT2D eigenvalue weighted by atomic mass is 10.2. The van der Waals surface area contributed by atoms with E-state index < -0.39 is 0 Å². The minimum Gasteiger partial charge on any atom is -0.305 e. The van der Waals surface area contributed by atoms with E-state index in [1.807, 2.05) is 0 Å². The molecule has 0 bridgehead atoms. The molecule has 0 saturated heterocycles. The number of nitrogens with one attached hydrogen (secondary N) is 2. The molecule has 1 amide bonds. The van der Waals surface area contributed by atoms with Crippen molar-refractivity contribution in [3.63, 3.8) is 0 Å². The van der Waals surface area contributed by atoms with Crippen molar-refractivity contribution in [2.75, 3.05) is 5.32 Å². The number of aromatic nitrogens is 3. The fourth-order valence-corrected chi connectivity index (χ4v) is 1.83. The molecular weight excluding hydrogens is 287 g/mol. The van der Waals surface area contributed by atoms with E-state index in [-0.39, 0.29) is 16.1 Å². The maximum Gasteiger partial charge on any atom is 0.258 e. The first-order chi connectivity index (χ1) is 9.10. The number of halogens is 2. The topological polar surface area (TPSA) is 70.7 Å². The lowest BCUT2D eigenvalue weighted by Crippen LogP contribution is -2.12. The Kier molecular flexibility index (Phi) is 4.39. The van der Waals surface area contributed by atoms with E-state index in [0.717, 1.165) is 18.5 Å². The second-order valence-electron chi connectivity index (χ2n) is 3.98. The zero-order valence-electron chi connectivity index (χ0n) is 10.2. The Labute approximate surface area is 120 Å². The molecule has 0 aliphatic carbocycles. The van der Waals surface area contributed by atoms with Crippen molar-refractivity contribution in [2.24, 2.45) is 0 Å². The van der Waals surface area contributed by atoms with E-state index in [2.05, 4.69) is 27.4 Å². The van der Waals surface area contributed by atoms with Gasteiger partial charge >= 0.3 is 0 Å². The van der Waals surface area contributed by atoms with Gasteiger partial charge in [0.15, 0.2) is 5.82 Å². The van der Waals surface area contributed by atoms with Crippen LogP contribution in [0.15, 0.2) is 18.3 Å². The van der Waals surface area contributed by atoms with E-state index in [1.165, 1.54) is 12.3 Å². The zero-order chi connectivity index (χ0) is 13.8. The number of carbonyl (C=O) groups is 1. The summed E-state index contributed by atoms with van der Waals surface area (Å²) in [5.41, 5.74) is 1.31. The highest BCUT2D eigenvalue weighted by atomic mass is 35.5. The maximum absolute atomic E-state index is 11.9. The molecule has 100 valence electrons. The SMILES string of the molecule is CCCc1cc(NC(=O)c2cnc(Cl)c(Cl)c2)n[nH]1. The molecule has 0 aliphatic heterocycles. The van der Waals surface area contributed by atoms with E-state index in [9.17, 15) is 4.79 Å². The van der Waals surface area contributed by atoms with Crippen LogP contribution in [-0.2, 0) is 6.42 Å². The predicted molar refractivity (Wildman–Crippen MR) is 74.8 cm³/mol. The summed E-state index contributed by atoms with van der Waals surface area (Å²) in [4.78, 5) is 15.8. The van der Waals surface area contributed by atoms with Gasteiger partial charge in [-0.25, -0.2) is 4.98 Å². The van der Waals surface area contributed by atoms with Gasteiger partial charge in [-0.05, 0) is 12.5 Å². The first kappa shape index (κ1) is 13.8. The summed E-state index contributed by atoms with van der Waals surface area (Å²) in [6.45, 7) is 2.07. The van der Waals surface area contributed by atoms with Gasteiger partial charge in [-0.3, -0.25) is 9.89 Å². The van der Waals surface area contributed by atoms with Gasteiger partial charge < -0.3 is 5.32 Å². The number of aryl methyl sites for hydroxylation is 1. The highest BCUT2D eigenvalue weighted by Gasteiger charge is 2.11. The second kappa shape index (κ2) is 6.04. The van der Waals surface area contributed by atoms with Gasteiger partial charge in [0.25, 0.3) is 5.91 Å². The van der Waals surface area contributed by atoms with Crippen molar-refractivity contribution in [1.29, 1.82) is 0 Å². The monoisotopic (exact) mass is 298 g/mol. The molecule has 2 rings (SSSR count). The molecule has 0 spiro atoms. The number of nitrogens with zero attached hydrogens (tertiary/aromatic N) is 2. The normalized spacial score (nSPS) is 10.5. The van der Waals surface area contributed by atoms with E-state index in [0.29, 0.717) is 11.4 Å². The molecule has 19 heavy (non-hydrogen) atoms. The lowest BCUT2D eigenvalue weighted by Gasteiger charge is -2.02. The Balaban J connectivity index is 2.09. The largest absolute Gasteiger partial charge is 0.305 e. The highest BCUT2D eigenvalue weighted by Crippen LogP contribution is 2.20. The number of carbonyl (C=O) groups excluding carboxylic acids is 1. The summed E-state index contributed by atoms with van der Waals surface area (Å²) >= 11 is 11.5. The van der Waals surface area contributed by atoms with Crippen LogP contribution in [0.25, 0.3) is 0 Å². The number of anilines is 1. The first-order valence-electron chi connectivity index (χ1n) is 5.77. The minimum absolute atomic E-state index is 0.170. The number of amides is 1. The Bertz CT molecular complexity index is 597. The Hall–Kier alpha value is -1.59. The molecule has 7 heteroatoms. The molecule has 0 unspecified atom stereocenters. The van der Waals surface area contributed by atoms with Crippen LogP contribution in [-0.4, -0.2) is 21.1 Å². The van der Waals surface area contributed by atoms with Gasteiger partial charge in [0.05, 0.1) is 10.6 Å². The summed E-state index contributed by atoms with van der Waals surface area (Å²) in [6.07, 6.45) is 3.26. The number of rotatable bonds is 4. The maximum atomic E-state index is 11.9. The number of pyridine rings is 1. The number of H-pyrrole nitrogens is 1. The van der Waals surface area contributed by atoms with Gasteiger partial charge in [0.2, 0.25) is 0 Å². The average molecular weight is 299 g/mol. The van der Waals surface area contributed by atoms with Gasteiger partial charge in [0, 0.05) is 18.0 Å². The van der Waals surface area contributed by atoms with Crippen molar-refractivity contribution in [1.82, 2.24) is 15.2 Å². The average Bonchev–Trinajstić information content (AvgIpc) is 2.80. The standard InChI is InChI=1S/C12H12Cl2N4O/c1-2-3-8-5-10(18-17-8)16-12(19)7-4-9(13)11(14)15-6-7/h4-6H,2-3H2,1H3,(H2,16,17,18,19). The Morgan fingerprint density at radius 1 is 1.42 bits per heavy atom. The van der Waals surface area contributed by atoms with E-state index in [1.54, 1.807) is 6.07 Å². The first-order valence-corrected chi connectivity index (χ1v) is 6.52. The molecular formula is C12H12Cl2N4O. The van der Waals surface area contributed by atoms with Crippen molar-refractivity contribution >= 4 is 34.9 Å². The van der Waals surface area contributed by atoms with Crippen LogP contribution in [0.5, 0.6) is 0 Å². The highest BCUT2D eigenvalue weighted by molar-refractivity contribution is 6.41. The Morgan fingerprint density at radius 3 is 2.89 bits per heavy atom. The van der Waals surface area contributed by atoms with E-state index in [4.69, 9.17) is 23.2 Å². The van der Waals surface area contributed by atoms with Crippen LogP contribution >= 0.6 is 23.2 Å². The molecule has 0 atom stereocenters. The summed E-state index contributed by atoms with van der Waals surface area (Å²) < 4.78 is 0. The van der Waals surface area contributed by atoms with Crippen molar-refractivity contribution in [2.45, 2.75) is 19.8 Å². The van der Waals surface area contributed by atoms with Crippen LogP contribution in [0.3, 0.4) is 0 Å². The van der Waals surface area contributed by atoms with Crippen LogP contribution in [0, 0.1) is 0 Å². The molecule has 2 N–H and O–H groups in total. The molecule has 0 aromatic carbocycles. The quantitative estimate of drug-likeness (QED) is 0.851. The minimum atomic E-state index is -0.333. The van der Waals surface area contributed by atoms with Crippen LogP contribution in [0.1, 0.15) is 29.4 Å². The van der Waals surface area contributed by atoms with Crippen LogP contribution < -0.4 is 5.32 Å². The summed E-state index contributed by atoms with van der Waals surface area (Å²) in [5, 5.41) is 9.93. The lowest BCUT2D eigenvalue weighted by molar-refractivity contribution is 0.102. The molecule has 0 aliphatic rings. The van der Waals surface area contributed by atoms with Crippen molar-refractivity contribution in [3.05, 3.63) is 39.8 Å². The summed E-state index contributed by atoms with van der Waals surface area (Å²) in [6, 6.07) is 3.26. The van der Waals surface area contributed by atoms with Crippen LogP contribution in [0.4, 0.5) is 5.82 Å². The molecule has 2 heterocycles. The Morgan fingerprint density at radius 2 is 2.21 bits per heavy atom. The third-order valence-corrected chi connectivity index (χ3v) is 3.14. The summed E-state index contributed by atoms with van der Waals surface area (Å²) in [7, 11) is 0. The molecule has 5 nitrogen and oxygen atoms in total. The van der Waals surface area contributed by atoms with Crippen molar-refractivity contribution < 1.29 is 4.79 Å². The van der Waals surface area contributed by atoms with Gasteiger partial charge in [-0.15, -0.1) is 0 Å².